The number of hydrogen-bond acceptors (Lipinski definition) is 10. The summed E-state index contributed by atoms with van der Waals surface area (Å²) in [5.74, 6) is 6.30. The van der Waals surface area contributed by atoms with Crippen LogP contribution in [0.2, 0.25) is 5.02 Å². The lowest BCUT2D eigenvalue weighted by molar-refractivity contribution is -0.165. The number of rotatable bonds is 5. The van der Waals surface area contributed by atoms with E-state index < -0.39 is 28.4 Å². The number of aromatic nitrogens is 6. The zero-order valence-electron chi connectivity index (χ0n) is 31.4. The number of amides is 2. The molecule has 3 N–H and O–H groups in total. The normalized spacial score (nSPS) is 15.9. The first-order chi connectivity index (χ1) is 23.7. The summed E-state index contributed by atoms with van der Waals surface area (Å²) in [7, 11) is 5.20. The standard InChI is InChI=1S/C12H14ClNO2.C12H20N4O2.C10H19N5O2/c1-12(2)8-16-14(11(12)15)7-9-5-3-4-6-10(9)13;1-14(2)10-13-11(17)16(12(18)15(10)3)9-7-5-4-6-8-9;1-6(2)7-13-15(9(17)14(7)11)8(16)12-10(3,4)5/h3-6H,7-8H2,1-2H3;9H,4-8H2,1-3H3;6H,11H2,1-5H3,(H,12,16). The lowest BCUT2D eigenvalue weighted by atomic mass is 9.95. The Morgan fingerprint density at radius 1 is 1.08 bits per heavy atom. The Labute approximate surface area is 303 Å². The van der Waals surface area contributed by atoms with Crippen LogP contribution in [0.4, 0.5) is 10.7 Å². The van der Waals surface area contributed by atoms with Crippen molar-refractivity contribution >= 4 is 29.5 Å². The van der Waals surface area contributed by atoms with Gasteiger partial charge in [-0.1, -0.05) is 62.9 Å². The van der Waals surface area contributed by atoms with Crippen molar-refractivity contribution in [3.63, 3.8) is 0 Å². The topological polar surface area (TPSA) is 185 Å². The van der Waals surface area contributed by atoms with E-state index in [0.29, 0.717) is 29.9 Å². The predicted octanol–water partition coefficient (Wildman–Crippen LogP) is 3.39. The SMILES string of the molecule is CC(C)c1nn(C(=O)NC(C)(C)C)c(=O)n1N.CC1(C)CON(Cc2ccccc2Cl)C1=O.CN(C)c1nc(=O)n(C2CCCCC2)c(=O)n1C. The van der Waals surface area contributed by atoms with Gasteiger partial charge >= 0.3 is 23.1 Å². The largest absolute Gasteiger partial charge is 0.373 e. The first-order valence-corrected chi connectivity index (χ1v) is 17.4. The summed E-state index contributed by atoms with van der Waals surface area (Å²) in [5.41, 5.74) is -1.29. The molecule has 2 aromatic heterocycles. The molecule has 2 amide bonds. The molecule has 16 nitrogen and oxygen atoms in total. The van der Waals surface area contributed by atoms with Crippen LogP contribution < -0.4 is 33.1 Å². The zero-order valence-corrected chi connectivity index (χ0v) is 32.2. The molecular weight excluding hydrogens is 680 g/mol. The first-order valence-electron chi connectivity index (χ1n) is 17.0. The van der Waals surface area contributed by atoms with Gasteiger partial charge in [0.05, 0.1) is 18.6 Å². The molecule has 0 radical (unpaired) electrons. The molecule has 1 aliphatic heterocycles. The third-order valence-corrected chi connectivity index (χ3v) is 8.59. The number of anilines is 1. The van der Waals surface area contributed by atoms with Crippen molar-refractivity contribution in [3.05, 3.63) is 72.1 Å². The van der Waals surface area contributed by atoms with Crippen molar-refractivity contribution in [2.24, 2.45) is 12.5 Å². The van der Waals surface area contributed by atoms with Crippen LogP contribution >= 0.6 is 11.6 Å². The quantitative estimate of drug-likeness (QED) is 0.369. The molecular formula is C34H53ClN10O6. The zero-order chi connectivity index (χ0) is 38.4. The van der Waals surface area contributed by atoms with Gasteiger partial charge in [0.25, 0.3) is 5.91 Å². The Morgan fingerprint density at radius 2 is 1.69 bits per heavy atom. The second-order valence-corrected chi connectivity index (χ2v) is 15.3. The minimum absolute atomic E-state index is 0.00687. The molecule has 51 heavy (non-hydrogen) atoms. The summed E-state index contributed by atoms with van der Waals surface area (Å²) in [6, 6.07) is 6.91. The fraction of sp³-hybridized carbons (Fsp3) is 0.618. The molecule has 5 rings (SSSR count). The van der Waals surface area contributed by atoms with E-state index >= 15 is 0 Å². The Kier molecular flexibility index (Phi) is 13.4. The average Bonchev–Trinajstić information content (AvgIpc) is 3.49. The van der Waals surface area contributed by atoms with Crippen LogP contribution in [0.25, 0.3) is 0 Å². The second-order valence-electron chi connectivity index (χ2n) is 14.9. The molecule has 2 aliphatic rings. The van der Waals surface area contributed by atoms with E-state index in [2.05, 4.69) is 15.4 Å². The molecule has 3 aromatic rings. The number of benzene rings is 1. The predicted molar refractivity (Wildman–Crippen MR) is 196 cm³/mol. The van der Waals surface area contributed by atoms with E-state index in [1.165, 1.54) is 20.6 Å². The summed E-state index contributed by atoms with van der Waals surface area (Å²) in [6.45, 7) is 13.7. The maximum Gasteiger partial charge on any atom is 0.373 e. The molecule has 1 saturated carbocycles. The fourth-order valence-electron chi connectivity index (χ4n) is 5.48. The van der Waals surface area contributed by atoms with Crippen LogP contribution in [0.3, 0.4) is 0 Å². The van der Waals surface area contributed by atoms with Gasteiger partial charge in [-0.25, -0.2) is 28.8 Å². The van der Waals surface area contributed by atoms with Gasteiger partial charge in [-0.2, -0.15) is 9.66 Å². The molecule has 3 heterocycles. The molecule has 0 atom stereocenters. The minimum Gasteiger partial charge on any atom is -0.348 e. The number of halogens is 1. The molecule has 1 aromatic carbocycles. The van der Waals surface area contributed by atoms with Crippen molar-refractivity contribution in [3.8, 4) is 0 Å². The van der Waals surface area contributed by atoms with Crippen LogP contribution in [0.15, 0.2) is 38.6 Å². The van der Waals surface area contributed by atoms with Crippen molar-refractivity contribution in [1.82, 2.24) is 39.0 Å². The number of nitrogens with zero attached hydrogens (tertiary/aromatic N) is 8. The van der Waals surface area contributed by atoms with E-state index in [0.717, 1.165) is 40.6 Å². The number of nitrogens with two attached hydrogens (primary N) is 1. The van der Waals surface area contributed by atoms with Gasteiger partial charge in [0, 0.05) is 43.7 Å². The lowest BCUT2D eigenvalue weighted by Crippen LogP contribution is -2.47. The summed E-state index contributed by atoms with van der Waals surface area (Å²) >= 11 is 6.03. The van der Waals surface area contributed by atoms with Gasteiger partial charge in [-0.3, -0.25) is 14.2 Å². The third-order valence-electron chi connectivity index (χ3n) is 8.22. The van der Waals surface area contributed by atoms with Crippen molar-refractivity contribution in [2.75, 3.05) is 31.4 Å². The average molecular weight is 733 g/mol. The number of nitrogen functional groups attached to an aromatic ring is 1. The van der Waals surface area contributed by atoms with E-state index in [1.54, 1.807) is 26.0 Å². The Balaban J connectivity index is 0.000000207. The summed E-state index contributed by atoms with van der Waals surface area (Å²) in [6.07, 6.45) is 5.15. The number of hydroxylamine groups is 2. The van der Waals surface area contributed by atoms with E-state index in [4.69, 9.17) is 22.3 Å². The van der Waals surface area contributed by atoms with E-state index in [-0.39, 0.29) is 23.6 Å². The van der Waals surface area contributed by atoms with Gasteiger partial charge < -0.3 is 16.1 Å². The highest BCUT2D eigenvalue weighted by atomic mass is 35.5. The third kappa shape index (κ3) is 10.3. The number of nitrogens with one attached hydrogen (secondary N) is 1. The number of carbonyl (C=O) groups excluding carboxylic acids is 2. The molecule has 1 saturated heterocycles. The Hall–Kier alpha value is -4.44. The molecule has 282 valence electrons. The minimum atomic E-state index is -0.643. The second kappa shape index (κ2) is 16.7. The molecule has 1 aliphatic carbocycles. The molecule has 2 fully saturated rings. The highest BCUT2D eigenvalue weighted by Crippen LogP contribution is 2.29. The lowest BCUT2D eigenvalue weighted by Gasteiger charge is -2.24. The molecule has 0 bridgehead atoms. The van der Waals surface area contributed by atoms with Gasteiger partial charge in [-0.05, 0) is 59.1 Å². The maximum atomic E-state index is 12.3. The summed E-state index contributed by atoms with van der Waals surface area (Å²) in [5, 5.41) is 8.62. The Bertz CT molecular complexity index is 1860. The van der Waals surface area contributed by atoms with Crippen LogP contribution in [-0.4, -0.2) is 71.8 Å². The van der Waals surface area contributed by atoms with Gasteiger partial charge in [0.15, 0.2) is 5.82 Å². The Morgan fingerprint density at radius 3 is 2.18 bits per heavy atom. The first kappa shape index (κ1) is 41.0. The maximum absolute atomic E-state index is 12.3. The number of carbonyl (C=O) groups is 2. The van der Waals surface area contributed by atoms with Gasteiger partial charge in [0.2, 0.25) is 5.95 Å². The number of hydrogen-bond donors (Lipinski definition) is 2. The van der Waals surface area contributed by atoms with Crippen molar-refractivity contribution < 1.29 is 14.4 Å². The smallest absolute Gasteiger partial charge is 0.348 e. The summed E-state index contributed by atoms with van der Waals surface area (Å²) in [4.78, 5) is 70.7. The van der Waals surface area contributed by atoms with E-state index in [1.807, 2.05) is 72.7 Å². The van der Waals surface area contributed by atoms with Crippen LogP contribution in [0, 0.1) is 5.41 Å². The highest BCUT2D eigenvalue weighted by molar-refractivity contribution is 6.31. The van der Waals surface area contributed by atoms with Gasteiger partial charge in [0.1, 0.15) is 0 Å². The molecule has 17 heteroatoms. The van der Waals surface area contributed by atoms with Crippen LogP contribution in [-0.2, 0) is 23.2 Å². The summed E-state index contributed by atoms with van der Waals surface area (Å²) < 4.78 is 4.41. The highest BCUT2D eigenvalue weighted by Gasteiger charge is 2.40. The van der Waals surface area contributed by atoms with Crippen molar-refractivity contribution in [1.29, 1.82) is 0 Å². The molecule has 0 unspecified atom stereocenters. The molecule has 0 spiro atoms. The van der Waals surface area contributed by atoms with Crippen LogP contribution in [0.5, 0.6) is 0 Å². The van der Waals surface area contributed by atoms with E-state index in [9.17, 15) is 24.0 Å². The van der Waals surface area contributed by atoms with Crippen LogP contribution in [0.1, 0.15) is 104 Å². The monoisotopic (exact) mass is 732 g/mol. The van der Waals surface area contributed by atoms with Crippen molar-refractivity contribution in [2.45, 2.75) is 105 Å². The van der Waals surface area contributed by atoms with Gasteiger partial charge in [-0.15, -0.1) is 9.78 Å². The fourth-order valence-corrected chi connectivity index (χ4v) is 5.68.